The molecule has 5 heteroatoms. The van der Waals surface area contributed by atoms with Gasteiger partial charge in [-0.15, -0.1) is 0 Å². The van der Waals surface area contributed by atoms with Crippen LogP contribution in [0.1, 0.15) is 24.1 Å². The molecule has 2 heterocycles. The number of hydrogen-bond acceptors (Lipinski definition) is 3. The molecule has 25 heavy (non-hydrogen) atoms. The number of nitrogens with zero attached hydrogens (tertiary/aromatic N) is 1. The van der Waals surface area contributed by atoms with Crippen LogP contribution in [0.15, 0.2) is 65.0 Å². The Morgan fingerprint density at radius 2 is 1.96 bits per heavy atom. The number of rotatable bonds is 2. The van der Waals surface area contributed by atoms with Gasteiger partial charge in [0.2, 0.25) is 0 Å². The van der Waals surface area contributed by atoms with E-state index in [0.29, 0.717) is 12.8 Å². The summed E-state index contributed by atoms with van der Waals surface area (Å²) in [6.07, 6.45) is 8.86. The van der Waals surface area contributed by atoms with Crippen molar-refractivity contribution in [3.8, 4) is 0 Å². The van der Waals surface area contributed by atoms with Gasteiger partial charge < -0.3 is 10.6 Å². The molecule has 2 aromatic rings. The van der Waals surface area contributed by atoms with Gasteiger partial charge in [-0.1, -0.05) is 29.8 Å². The molecule has 1 aliphatic carbocycles. The molecule has 1 amide bonds. The first-order chi connectivity index (χ1) is 12.2. The SMILES string of the molecule is O=C1Nc2cc(C=Cc3ccccn3)ccc2NC2=C1CCC(Cl)=C2. The molecule has 0 bridgehead atoms. The van der Waals surface area contributed by atoms with Gasteiger partial charge >= 0.3 is 0 Å². The van der Waals surface area contributed by atoms with Gasteiger partial charge in [-0.3, -0.25) is 9.78 Å². The first-order valence-electron chi connectivity index (χ1n) is 8.10. The van der Waals surface area contributed by atoms with Gasteiger partial charge in [0, 0.05) is 22.5 Å². The van der Waals surface area contributed by atoms with Crippen LogP contribution in [-0.4, -0.2) is 10.9 Å². The number of pyridine rings is 1. The van der Waals surface area contributed by atoms with E-state index in [4.69, 9.17) is 11.6 Å². The van der Waals surface area contributed by atoms with Crippen LogP contribution in [0.5, 0.6) is 0 Å². The number of anilines is 2. The van der Waals surface area contributed by atoms with E-state index in [9.17, 15) is 4.79 Å². The van der Waals surface area contributed by atoms with Crippen LogP contribution in [0.2, 0.25) is 0 Å². The second-order valence-electron chi connectivity index (χ2n) is 5.96. The Kier molecular flexibility index (Phi) is 4.12. The molecule has 0 spiro atoms. The lowest BCUT2D eigenvalue weighted by atomic mass is 10.0. The van der Waals surface area contributed by atoms with E-state index in [-0.39, 0.29) is 5.91 Å². The maximum atomic E-state index is 12.5. The van der Waals surface area contributed by atoms with Crippen molar-refractivity contribution in [1.29, 1.82) is 0 Å². The van der Waals surface area contributed by atoms with Gasteiger partial charge in [-0.2, -0.15) is 0 Å². The Morgan fingerprint density at radius 1 is 1.04 bits per heavy atom. The van der Waals surface area contributed by atoms with Gasteiger partial charge in [0.25, 0.3) is 5.91 Å². The van der Waals surface area contributed by atoms with Crippen LogP contribution in [0.25, 0.3) is 12.2 Å². The molecule has 1 aromatic carbocycles. The molecule has 2 N–H and O–H groups in total. The van der Waals surface area contributed by atoms with Crippen LogP contribution < -0.4 is 10.6 Å². The van der Waals surface area contributed by atoms with Gasteiger partial charge in [0.05, 0.1) is 17.1 Å². The standard InChI is InChI=1S/C20H16ClN3O/c21-14-6-8-16-18(12-14)23-17-9-5-13(11-19(17)24-20(16)25)4-7-15-3-1-2-10-22-15/h1-5,7,9-12,23H,6,8H2,(H,24,25). The summed E-state index contributed by atoms with van der Waals surface area (Å²) in [7, 11) is 0. The lowest BCUT2D eigenvalue weighted by Gasteiger charge is -2.15. The highest BCUT2D eigenvalue weighted by molar-refractivity contribution is 6.30. The minimum absolute atomic E-state index is 0.0764. The van der Waals surface area contributed by atoms with E-state index in [1.165, 1.54) is 0 Å². The van der Waals surface area contributed by atoms with Gasteiger partial charge in [0.15, 0.2) is 0 Å². The topological polar surface area (TPSA) is 54.0 Å². The molecule has 0 fully saturated rings. The van der Waals surface area contributed by atoms with E-state index < -0.39 is 0 Å². The Morgan fingerprint density at radius 3 is 2.80 bits per heavy atom. The summed E-state index contributed by atoms with van der Waals surface area (Å²) in [5.74, 6) is -0.0764. The second kappa shape index (κ2) is 6.57. The molecular formula is C20H16ClN3O. The number of fused-ring (bicyclic) bond motifs is 1. The fraction of sp³-hybridized carbons (Fsp3) is 0.100. The second-order valence-corrected chi connectivity index (χ2v) is 6.44. The fourth-order valence-corrected chi connectivity index (χ4v) is 3.12. The molecule has 124 valence electrons. The molecule has 2 aliphatic rings. The fourth-order valence-electron chi connectivity index (χ4n) is 2.92. The summed E-state index contributed by atoms with van der Waals surface area (Å²) < 4.78 is 0. The molecular weight excluding hydrogens is 334 g/mol. The average molecular weight is 350 g/mol. The van der Waals surface area contributed by atoms with E-state index in [2.05, 4.69) is 15.6 Å². The van der Waals surface area contributed by atoms with Gasteiger partial charge in [-0.25, -0.2) is 0 Å². The van der Waals surface area contributed by atoms with E-state index in [1.807, 2.05) is 54.6 Å². The molecule has 1 aromatic heterocycles. The van der Waals surface area contributed by atoms with Crippen LogP contribution in [0.3, 0.4) is 0 Å². The molecule has 0 atom stereocenters. The summed E-state index contributed by atoms with van der Waals surface area (Å²) in [6.45, 7) is 0. The number of amides is 1. The van der Waals surface area contributed by atoms with Crippen molar-refractivity contribution < 1.29 is 4.79 Å². The molecule has 0 unspecified atom stereocenters. The zero-order valence-electron chi connectivity index (χ0n) is 13.4. The zero-order valence-corrected chi connectivity index (χ0v) is 14.2. The Balaban J connectivity index is 1.63. The van der Waals surface area contributed by atoms with Crippen molar-refractivity contribution in [3.05, 3.63) is 76.2 Å². The first kappa shape index (κ1) is 15.7. The third-order valence-corrected chi connectivity index (χ3v) is 4.51. The van der Waals surface area contributed by atoms with E-state index >= 15 is 0 Å². The first-order valence-corrected chi connectivity index (χ1v) is 8.47. The Hall–Kier alpha value is -2.85. The summed E-state index contributed by atoms with van der Waals surface area (Å²) in [5.41, 5.74) is 5.01. The van der Waals surface area contributed by atoms with Crippen LogP contribution in [-0.2, 0) is 4.79 Å². The molecule has 0 saturated carbocycles. The summed E-state index contributed by atoms with van der Waals surface area (Å²) >= 11 is 6.13. The Bertz CT molecular complexity index is 929. The highest BCUT2D eigenvalue weighted by atomic mass is 35.5. The predicted molar refractivity (Wildman–Crippen MR) is 102 cm³/mol. The number of nitrogens with one attached hydrogen (secondary N) is 2. The number of allylic oxidation sites excluding steroid dienone is 2. The van der Waals surface area contributed by atoms with Crippen LogP contribution in [0.4, 0.5) is 11.4 Å². The van der Waals surface area contributed by atoms with Crippen molar-refractivity contribution in [2.75, 3.05) is 10.6 Å². The highest BCUT2D eigenvalue weighted by Crippen LogP contribution is 2.34. The number of halogens is 1. The minimum atomic E-state index is -0.0764. The summed E-state index contributed by atoms with van der Waals surface area (Å²) in [4.78, 5) is 16.8. The molecule has 4 rings (SSSR count). The quantitative estimate of drug-likeness (QED) is 0.819. The predicted octanol–water partition coefficient (Wildman–Crippen LogP) is 4.79. The van der Waals surface area contributed by atoms with Crippen molar-refractivity contribution in [1.82, 2.24) is 4.98 Å². The number of benzene rings is 1. The van der Waals surface area contributed by atoms with E-state index in [1.54, 1.807) is 6.20 Å². The summed E-state index contributed by atoms with van der Waals surface area (Å²) in [5, 5.41) is 7.08. The van der Waals surface area contributed by atoms with Gasteiger partial charge in [0.1, 0.15) is 0 Å². The molecule has 0 saturated heterocycles. The van der Waals surface area contributed by atoms with Crippen molar-refractivity contribution >= 4 is 41.0 Å². The normalized spacial score (nSPS) is 16.5. The Labute approximate surface area is 150 Å². The average Bonchev–Trinajstić information content (AvgIpc) is 2.75. The molecule has 4 nitrogen and oxygen atoms in total. The highest BCUT2D eigenvalue weighted by Gasteiger charge is 2.23. The van der Waals surface area contributed by atoms with Crippen LogP contribution in [0, 0.1) is 0 Å². The smallest absolute Gasteiger partial charge is 0.253 e. The monoisotopic (exact) mass is 349 g/mol. The van der Waals surface area contributed by atoms with Crippen molar-refractivity contribution in [2.45, 2.75) is 12.8 Å². The number of carbonyl (C=O) groups excluding carboxylic acids is 1. The van der Waals surface area contributed by atoms with Crippen LogP contribution >= 0.6 is 11.6 Å². The lowest BCUT2D eigenvalue weighted by Crippen LogP contribution is -2.16. The number of carbonyl (C=O) groups is 1. The van der Waals surface area contributed by atoms with Crippen molar-refractivity contribution in [2.24, 2.45) is 0 Å². The number of aromatic nitrogens is 1. The zero-order chi connectivity index (χ0) is 17.2. The molecule has 1 aliphatic heterocycles. The largest absolute Gasteiger partial charge is 0.353 e. The van der Waals surface area contributed by atoms with E-state index in [0.717, 1.165) is 38.9 Å². The maximum Gasteiger partial charge on any atom is 0.253 e. The summed E-state index contributed by atoms with van der Waals surface area (Å²) in [6, 6.07) is 11.7. The minimum Gasteiger partial charge on any atom is -0.353 e. The lowest BCUT2D eigenvalue weighted by molar-refractivity contribution is -0.113. The van der Waals surface area contributed by atoms with Crippen molar-refractivity contribution in [3.63, 3.8) is 0 Å². The third-order valence-electron chi connectivity index (χ3n) is 4.21. The van der Waals surface area contributed by atoms with Gasteiger partial charge in [-0.05, 0) is 54.8 Å². The third kappa shape index (κ3) is 3.35. The molecule has 0 radical (unpaired) electrons. The maximum absolute atomic E-state index is 12.5. The number of hydrogen-bond donors (Lipinski definition) is 2.